The van der Waals surface area contributed by atoms with Gasteiger partial charge in [0.25, 0.3) is 0 Å². The summed E-state index contributed by atoms with van der Waals surface area (Å²) in [5, 5.41) is 17.0. The quantitative estimate of drug-likeness (QED) is 0.875. The Kier molecular flexibility index (Phi) is 3.14. The minimum absolute atomic E-state index is 0.227. The van der Waals surface area contributed by atoms with Crippen molar-refractivity contribution < 1.29 is 14.4 Å². The molecule has 0 saturated heterocycles. The Morgan fingerprint density at radius 3 is 2.67 bits per heavy atom. The standard InChI is InChI=1S/C11H14N4O3/c1-4-8-12-9(18-14-8)5-15-7(3)10(11(16)17)6(2)13-15/h4-5H2,1-3H3,(H,16,17). The summed E-state index contributed by atoms with van der Waals surface area (Å²) < 4.78 is 6.62. The van der Waals surface area contributed by atoms with Gasteiger partial charge in [-0.1, -0.05) is 12.1 Å². The van der Waals surface area contributed by atoms with E-state index >= 15 is 0 Å². The third-order valence-electron chi connectivity index (χ3n) is 2.71. The number of carboxylic acid groups (broad SMARTS) is 1. The van der Waals surface area contributed by atoms with Crippen LogP contribution in [0.15, 0.2) is 4.52 Å². The van der Waals surface area contributed by atoms with Crippen LogP contribution in [0.2, 0.25) is 0 Å². The second kappa shape index (κ2) is 4.59. The summed E-state index contributed by atoms with van der Waals surface area (Å²) in [6.45, 7) is 5.59. The molecule has 7 heteroatoms. The second-order valence-corrected chi connectivity index (χ2v) is 3.97. The lowest BCUT2D eigenvalue weighted by Gasteiger charge is -1.99. The number of aromatic nitrogens is 4. The lowest BCUT2D eigenvalue weighted by molar-refractivity contribution is 0.0695. The van der Waals surface area contributed by atoms with Gasteiger partial charge in [0.15, 0.2) is 5.82 Å². The van der Waals surface area contributed by atoms with E-state index in [1.54, 1.807) is 18.5 Å². The number of nitrogens with zero attached hydrogens (tertiary/aromatic N) is 4. The Morgan fingerprint density at radius 1 is 1.44 bits per heavy atom. The topological polar surface area (TPSA) is 94.0 Å². The second-order valence-electron chi connectivity index (χ2n) is 3.97. The summed E-state index contributed by atoms with van der Waals surface area (Å²) in [6.07, 6.45) is 0.695. The average molecular weight is 250 g/mol. The van der Waals surface area contributed by atoms with Gasteiger partial charge < -0.3 is 9.63 Å². The zero-order chi connectivity index (χ0) is 13.3. The van der Waals surface area contributed by atoms with Gasteiger partial charge in [-0.2, -0.15) is 10.1 Å². The van der Waals surface area contributed by atoms with Crippen LogP contribution in [0.3, 0.4) is 0 Å². The Morgan fingerprint density at radius 2 is 2.17 bits per heavy atom. The van der Waals surface area contributed by atoms with Gasteiger partial charge in [0, 0.05) is 6.42 Å². The van der Waals surface area contributed by atoms with Crippen LogP contribution < -0.4 is 0 Å². The molecular weight excluding hydrogens is 236 g/mol. The Hall–Kier alpha value is -2.18. The summed E-state index contributed by atoms with van der Waals surface area (Å²) in [4.78, 5) is 15.2. The molecule has 1 N–H and O–H groups in total. The molecule has 0 bridgehead atoms. The molecule has 0 aliphatic carbocycles. The number of hydrogen-bond acceptors (Lipinski definition) is 5. The Balaban J connectivity index is 2.29. The number of rotatable bonds is 4. The van der Waals surface area contributed by atoms with E-state index in [9.17, 15) is 4.79 Å². The van der Waals surface area contributed by atoms with Crippen LogP contribution in [0.4, 0.5) is 0 Å². The van der Waals surface area contributed by atoms with Crippen LogP contribution in [0.1, 0.15) is 40.4 Å². The monoisotopic (exact) mass is 250 g/mol. The lowest BCUT2D eigenvalue weighted by Crippen LogP contribution is -2.06. The molecule has 2 aromatic heterocycles. The van der Waals surface area contributed by atoms with E-state index in [1.807, 2.05) is 6.92 Å². The molecule has 0 radical (unpaired) electrons. The minimum atomic E-state index is -0.976. The van der Waals surface area contributed by atoms with Crippen LogP contribution in [0.5, 0.6) is 0 Å². The fraction of sp³-hybridized carbons (Fsp3) is 0.455. The molecule has 2 heterocycles. The van der Waals surface area contributed by atoms with E-state index in [1.165, 1.54) is 0 Å². The third-order valence-corrected chi connectivity index (χ3v) is 2.71. The van der Waals surface area contributed by atoms with E-state index in [4.69, 9.17) is 9.63 Å². The zero-order valence-corrected chi connectivity index (χ0v) is 10.5. The summed E-state index contributed by atoms with van der Waals surface area (Å²) in [6, 6.07) is 0. The lowest BCUT2D eigenvalue weighted by atomic mass is 10.2. The highest BCUT2D eigenvalue weighted by atomic mass is 16.5. The van der Waals surface area contributed by atoms with Crippen molar-refractivity contribution in [1.29, 1.82) is 0 Å². The average Bonchev–Trinajstić information content (AvgIpc) is 2.85. The van der Waals surface area contributed by atoms with Crippen molar-refractivity contribution in [3.05, 3.63) is 28.7 Å². The molecule has 0 fully saturated rings. The maximum absolute atomic E-state index is 11.1. The van der Waals surface area contributed by atoms with Gasteiger partial charge in [-0.05, 0) is 13.8 Å². The first-order valence-electron chi connectivity index (χ1n) is 5.61. The molecule has 0 spiro atoms. The van der Waals surface area contributed by atoms with Crippen LogP contribution in [0, 0.1) is 13.8 Å². The summed E-state index contributed by atoms with van der Waals surface area (Å²) in [5.74, 6) is 0.0791. The third kappa shape index (κ3) is 2.11. The van der Waals surface area contributed by atoms with Crippen molar-refractivity contribution in [2.45, 2.75) is 33.7 Å². The normalized spacial score (nSPS) is 10.8. The van der Waals surface area contributed by atoms with E-state index in [-0.39, 0.29) is 12.1 Å². The molecule has 2 aromatic rings. The molecule has 0 saturated carbocycles. The van der Waals surface area contributed by atoms with Crippen molar-refractivity contribution >= 4 is 5.97 Å². The maximum atomic E-state index is 11.1. The van der Waals surface area contributed by atoms with Crippen molar-refractivity contribution in [2.24, 2.45) is 0 Å². The van der Waals surface area contributed by atoms with Crippen LogP contribution in [0.25, 0.3) is 0 Å². The van der Waals surface area contributed by atoms with Gasteiger partial charge in [0.1, 0.15) is 12.1 Å². The predicted octanol–water partition coefficient (Wildman–Crippen LogP) is 1.19. The Labute approximate surface area is 103 Å². The number of carboxylic acids is 1. The molecule has 0 atom stereocenters. The fourth-order valence-corrected chi connectivity index (χ4v) is 1.79. The summed E-state index contributed by atoms with van der Waals surface area (Å²) in [5.41, 5.74) is 1.29. The number of hydrogen-bond donors (Lipinski definition) is 1. The molecule has 2 rings (SSSR count). The smallest absolute Gasteiger partial charge is 0.339 e. The highest BCUT2D eigenvalue weighted by Gasteiger charge is 2.18. The molecule has 96 valence electrons. The molecular formula is C11H14N4O3. The van der Waals surface area contributed by atoms with Crippen LogP contribution >= 0.6 is 0 Å². The summed E-state index contributed by atoms with van der Waals surface area (Å²) in [7, 11) is 0. The predicted molar refractivity (Wildman–Crippen MR) is 61.4 cm³/mol. The van der Waals surface area contributed by atoms with Crippen molar-refractivity contribution in [2.75, 3.05) is 0 Å². The number of aromatic carboxylic acids is 1. The van der Waals surface area contributed by atoms with Crippen LogP contribution in [-0.4, -0.2) is 31.0 Å². The van der Waals surface area contributed by atoms with E-state index in [2.05, 4.69) is 15.2 Å². The van der Waals surface area contributed by atoms with E-state index in [0.29, 0.717) is 29.5 Å². The molecule has 0 aliphatic heterocycles. The van der Waals surface area contributed by atoms with E-state index < -0.39 is 5.97 Å². The molecule has 0 aromatic carbocycles. The number of aryl methyl sites for hydroxylation is 2. The van der Waals surface area contributed by atoms with Gasteiger partial charge in [0.05, 0.1) is 11.4 Å². The first-order valence-corrected chi connectivity index (χ1v) is 5.61. The van der Waals surface area contributed by atoms with Crippen molar-refractivity contribution in [1.82, 2.24) is 19.9 Å². The first kappa shape index (κ1) is 12.3. The number of carbonyl (C=O) groups is 1. The molecule has 7 nitrogen and oxygen atoms in total. The van der Waals surface area contributed by atoms with Gasteiger partial charge in [-0.25, -0.2) is 4.79 Å². The van der Waals surface area contributed by atoms with Gasteiger partial charge >= 0.3 is 5.97 Å². The minimum Gasteiger partial charge on any atom is -0.478 e. The molecule has 18 heavy (non-hydrogen) atoms. The molecule has 0 amide bonds. The van der Waals surface area contributed by atoms with Gasteiger partial charge in [0.2, 0.25) is 5.89 Å². The highest BCUT2D eigenvalue weighted by Crippen LogP contribution is 2.14. The highest BCUT2D eigenvalue weighted by molar-refractivity contribution is 5.90. The molecule has 0 unspecified atom stereocenters. The molecule has 0 aliphatic rings. The SMILES string of the molecule is CCc1noc(Cn2nc(C)c(C(=O)O)c2C)n1. The largest absolute Gasteiger partial charge is 0.478 e. The first-order chi connectivity index (χ1) is 8.52. The van der Waals surface area contributed by atoms with Gasteiger partial charge in [-0.15, -0.1) is 0 Å². The Bertz CT molecular complexity index is 585. The maximum Gasteiger partial charge on any atom is 0.339 e. The van der Waals surface area contributed by atoms with E-state index in [0.717, 1.165) is 0 Å². The zero-order valence-electron chi connectivity index (χ0n) is 10.5. The van der Waals surface area contributed by atoms with Gasteiger partial charge in [-0.3, -0.25) is 4.68 Å². The summed E-state index contributed by atoms with van der Waals surface area (Å²) >= 11 is 0. The fourth-order valence-electron chi connectivity index (χ4n) is 1.79. The van der Waals surface area contributed by atoms with Crippen molar-refractivity contribution in [3.63, 3.8) is 0 Å². The van der Waals surface area contributed by atoms with Crippen molar-refractivity contribution in [3.8, 4) is 0 Å². The van der Waals surface area contributed by atoms with Crippen LogP contribution in [-0.2, 0) is 13.0 Å².